The maximum Gasteiger partial charge on any atom is 0.191 e. The SMILES string of the molecule is CCNC(=NCc1c(O)ccc2c1CCCC2)NCC(C)(O)c1ccc(C)o1.I. The van der Waals surface area contributed by atoms with Gasteiger partial charge in [-0.3, -0.25) is 0 Å². The van der Waals surface area contributed by atoms with Crippen LogP contribution in [0.4, 0.5) is 0 Å². The lowest BCUT2D eigenvalue weighted by Crippen LogP contribution is -2.44. The zero-order chi connectivity index (χ0) is 20.1. The van der Waals surface area contributed by atoms with E-state index < -0.39 is 5.60 Å². The Labute approximate surface area is 189 Å². The van der Waals surface area contributed by atoms with E-state index in [1.807, 2.05) is 26.0 Å². The third kappa shape index (κ3) is 5.88. The number of aromatic hydroxyl groups is 1. The molecule has 1 heterocycles. The van der Waals surface area contributed by atoms with Gasteiger partial charge < -0.3 is 25.3 Å². The molecular weight excluding hydrogens is 481 g/mol. The van der Waals surface area contributed by atoms with Gasteiger partial charge in [0.2, 0.25) is 0 Å². The summed E-state index contributed by atoms with van der Waals surface area (Å²) in [6.07, 6.45) is 4.41. The molecule has 3 rings (SSSR count). The molecule has 0 radical (unpaired) electrons. The van der Waals surface area contributed by atoms with Crippen LogP contribution < -0.4 is 10.6 Å². The van der Waals surface area contributed by atoms with Crippen LogP contribution in [0, 0.1) is 6.92 Å². The monoisotopic (exact) mass is 513 g/mol. The summed E-state index contributed by atoms with van der Waals surface area (Å²) in [7, 11) is 0. The summed E-state index contributed by atoms with van der Waals surface area (Å²) in [6.45, 7) is 6.91. The van der Waals surface area contributed by atoms with E-state index in [2.05, 4.69) is 15.6 Å². The molecule has 0 bridgehead atoms. The molecule has 0 saturated carbocycles. The second-order valence-electron chi connectivity index (χ2n) is 7.64. The third-order valence-electron chi connectivity index (χ3n) is 5.24. The van der Waals surface area contributed by atoms with E-state index in [9.17, 15) is 10.2 Å². The van der Waals surface area contributed by atoms with Gasteiger partial charge in [-0.05, 0) is 75.8 Å². The normalized spacial score (nSPS) is 15.8. The summed E-state index contributed by atoms with van der Waals surface area (Å²) >= 11 is 0. The largest absolute Gasteiger partial charge is 0.508 e. The predicted octanol–water partition coefficient (Wildman–Crippen LogP) is 3.75. The van der Waals surface area contributed by atoms with E-state index in [1.54, 1.807) is 19.1 Å². The van der Waals surface area contributed by atoms with Gasteiger partial charge in [0.25, 0.3) is 0 Å². The van der Waals surface area contributed by atoms with Crippen molar-refractivity contribution in [3.05, 3.63) is 52.5 Å². The van der Waals surface area contributed by atoms with Crippen molar-refractivity contribution in [3.63, 3.8) is 0 Å². The van der Waals surface area contributed by atoms with Crippen molar-refractivity contribution in [1.29, 1.82) is 0 Å². The molecular formula is C22H32IN3O3. The van der Waals surface area contributed by atoms with Crippen molar-refractivity contribution < 1.29 is 14.6 Å². The Morgan fingerprint density at radius 2 is 1.93 bits per heavy atom. The molecule has 4 N–H and O–H groups in total. The first kappa shape index (κ1) is 23.5. The number of aliphatic imine (C=N–C) groups is 1. The zero-order valence-electron chi connectivity index (χ0n) is 17.4. The number of phenolic OH excluding ortho intramolecular Hbond substituents is 1. The van der Waals surface area contributed by atoms with E-state index in [0.29, 0.717) is 30.6 Å². The van der Waals surface area contributed by atoms with Gasteiger partial charge in [0, 0.05) is 12.1 Å². The number of nitrogens with one attached hydrogen (secondary N) is 2. The number of hydrogen-bond acceptors (Lipinski definition) is 4. The maximum absolute atomic E-state index is 10.7. The fourth-order valence-electron chi connectivity index (χ4n) is 3.64. The number of phenols is 1. The van der Waals surface area contributed by atoms with Crippen LogP contribution in [-0.2, 0) is 25.0 Å². The molecule has 1 unspecified atom stereocenters. The van der Waals surface area contributed by atoms with Crippen LogP contribution in [0.1, 0.15) is 54.9 Å². The van der Waals surface area contributed by atoms with Crippen LogP contribution in [0.3, 0.4) is 0 Å². The van der Waals surface area contributed by atoms with Crippen LogP contribution in [-0.4, -0.2) is 29.3 Å². The van der Waals surface area contributed by atoms with Crippen LogP contribution in [0.2, 0.25) is 0 Å². The minimum absolute atomic E-state index is 0. The molecule has 1 aromatic carbocycles. The number of guanidine groups is 1. The highest BCUT2D eigenvalue weighted by Gasteiger charge is 2.27. The van der Waals surface area contributed by atoms with Crippen molar-refractivity contribution >= 4 is 29.9 Å². The lowest BCUT2D eigenvalue weighted by atomic mass is 9.88. The fraction of sp³-hybridized carbons (Fsp3) is 0.500. The second kappa shape index (κ2) is 10.3. The number of benzene rings is 1. The number of nitrogens with zero attached hydrogens (tertiary/aromatic N) is 1. The molecule has 0 spiro atoms. The maximum atomic E-state index is 10.7. The third-order valence-corrected chi connectivity index (χ3v) is 5.24. The Kier molecular flexibility index (Phi) is 8.39. The first-order valence-electron chi connectivity index (χ1n) is 10.0. The van der Waals surface area contributed by atoms with Crippen LogP contribution in [0.15, 0.2) is 33.7 Å². The summed E-state index contributed by atoms with van der Waals surface area (Å²) in [4.78, 5) is 4.65. The number of hydrogen-bond donors (Lipinski definition) is 4. The zero-order valence-corrected chi connectivity index (χ0v) is 19.7. The molecule has 7 heteroatoms. The molecule has 1 aliphatic rings. The Morgan fingerprint density at radius 3 is 2.62 bits per heavy atom. The first-order valence-corrected chi connectivity index (χ1v) is 10.0. The highest BCUT2D eigenvalue weighted by atomic mass is 127. The number of fused-ring (bicyclic) bond motifs is 1. The molecule has 6 nitrogen and oxygen atoms in total. The predicted molar refractivity (Wildman–Crippen MR) is 126 cm³/mol. The van der Waals surface area contributed by atoms with E-state index in [0.717, 1.165) is 30.6 Å². The number of halogens is 1. The van der Waals surface area contributed by atoms with Crippen molar-refractivity contribution in [2.24, 2.45) is 4.99 Å². The van der Waals surface area contributed by atoms with Gasteiger partial charge in [0.05, 0.1) is 13.1 Å². The van der Waals surface area contributed by atoms with Crippen molar-refractivity contribution in [1.82, 2.24) is 10.6 Å². The van der Waals surface area contributed by atoms with Crippen LogP contribution in [0.25, 0.3) is 0 Å². The standard InChI is InChI=1S/C22H31N3O3.HI/c1-4-23-21(25-14-22(3,27)20-12-9-15(2)28-20)24-13-18-17-8-6-5-7-16(17)10-11-19(18)26;/h9-12,26-27H,4-8,13-14H2,1-3H3,(H2,23,24,25);1H. The lowest BCUT2D eigenvalue weighted by Gasteiger charge is -2.23. The average molecular weight is 513 g/mol. The molecule has 2 aromatic rings. The lowest BCUT2D eigenvalue weighted by molar-refractivity contribution is 0.0378. The van der Waals surface area contributed by atoms with E-state index in [4.69, 9.17) is 4.42 Å². The molecule has 0 fully saturated rings. The molecule has 0 amide bonds. The van der Waals surface area contributed by atoms with E-state index in [1.165, 1.54) is 17.5 Å². The van der Waals surface area contributed by atoms with Crippen molar-refractivity contribution in [2.45, 2.75) is 58.6 Å². The minimum atomic E-state index is -1.15. The topological polar surface area (TPSA) is 90.0 Å². The molecule has 160 valence electrons. The Hall–Kier alpha value is -1.74. The highest BCUT2D eigenvalue weighted by molar-refractivity contribution is 14.0. The van der Waals surface area contributed by atoms with Crippen molar-refractivity contribution in [2.75, 3.05) is 13.1 Å². The molecule has 1 atom stereocenters. The van der Waals surface area contributed by atoms with Gasteiger partial charge in [-0.25, -0.2) is 4.99 Å². The smallest absolute Gasteiger partial charge is 0.191 e. The van der Waals surface area contributed by atoms with Gasteiger partial charge in [0.1, 0.15) is 22.9 Å². The summed E-state index contributed by atoms with van der Waals surface area (Å²) in [5.41, 5.74) is 2.31. The average Bonchev–Trinajstić information content (AvgIpc) is 3.12. The van der Waals surface area contributed by atoms with Crippen molar-refractivity contribution in [3.8, 4) is 5.75 Å². The first-order chi connectivity index (χ1) is 13.4. The van der Waals surface area contributed by atoms with Gasteiger partial charge >= 0.3 is 0 Å². The molecule has 29 heavy (non-hydrogen) atoms. The quantitative estimate of drug-likeness (QED) is 0.269. The Balaban J connectivity index is 0.00000300. The Bertz CT molecular complexity index is 846. The van der Waals surface area contributed by atoms with Gasteiger partial charge in [-0.1, -0.05) is 6.07 Å². The number of rotatable bonds is 6. The summed E-state index contributed by atoms with van der Waals surface area (Å²) < 4.78 is 5.56. The molecule has 0 aliphatic heterocycles. The Morgan fingerprint density at radius 1 is 1.17 bits per heavy atom. The van der Waals surface area contributed by atoms with Crippen LogP contribution >= 0.6 is 24.0 Å². The summed E-state index contributed by atoms with van der Waals surface area (Å²) in [5.74, 6) is 2.18. The number of aliphatic hydroxyl groups is 1. The molecule has 1 aromatic heterocycles. The molecule has 0 saturated heterocycles. The molecule has 1 aliphatic carbocycles. The van der Waals surface area contributed by atoms with Gasteiger partial charge in [-0.2, -0.15) is 0 Å². The number of aryl methyl sites for hydroxylation is 2. The minimum Gasteiger partial charge on any atom is -0.508 e. The second-order valence-corrected chi connectivity index (χ2v) is 7.64. The van der Waals surface area contributed by atoms with Gasteiger partial charge in [0.15, 0.2) is 5.96 Å². The highest BCUT2D eigenvalue weighted by Crippen LogP contribution is 2.31. The van der Waals surface area contributed by atoms with E-state index >= 15 is 0 Å². The van der Waals surface area contributed by atoms with E-state index in [-0.39, 0.29) is 30.5 Å². The number of furan rings is 1. The summed E-state index contributed by atoms with van der Waals surface area (Å²) in [5, 5.41) is 27.5. The fourth-order valence-corrected chi connectivity index (χ4v) is 3.64. The van der Waals surface area contributed by atoms with Gasteiger partial charge in [-0.15, -0.1) is 24.0 Å². The van der Waals surface area contributed by atoms with Crippen LogP contribution in [0.5, 0.6) is 5.75 Å². The summed E-state index contributed by atoms with van der Waals surface area (Å²) in [6, 6.07) is 7.43.